The van der Waals surface area contributed by atoms with Crippen LogP contribution in [0.1, 0.15) is 19.0 Å². The Hall–Kier alpha value is -1.57. The molecule has 1 rings (SSSR count). The quantitative estimate of drug-likeness (QED) is 0.742. The Morgan fingerprint density at radius 2 is 2.05 bits per heavy atom. The van der Waals surface area contributed by atoms with E-state index in [9.17, 15) is 13.2 Å². The Morgan fingerprint density at radius 3 is 2.58 bits per heavy atom. The largest absolute Gasteiger partial charge is 0.433 e. The summed E-state index contributed by atoms with van der Waals surface area (Å²) in [5, 5.41) is 14.1. The molecule has 8 heteroatoms. The van der Waals surface area contributed by atoms with Gasteiger partial charge in [-0.3, -0.25) is 0 Å². The predicted octanol–water partition coefficient (Wildman–Crippen LogP) is 1.97. The summed E-state index contributed by atoms with van der Waals surface area (Å²) in [6.45, 7) is 2.36. The van der Waals surface area contributed by atoms with Gasteiger partial charge in [0.25, 0.3) is 0 Å². The molecule has 5 nitrogen and oxygen atoms in total. The van der Waals surface area contributed by atoms with Crippen LogP contribution in [-0.2, 0) is 6.18 Å². The van der Waals surface area contributed by atoms with Gasteiger partial charge in [0.1, 0.15) is 5.82 Å². The zero-order chi connectivity index (χ0) is 14.5. The number of nitrogens with zero attached hydrogens (tertiary/aromatic N) is 2. The van der Waals surface area contributed by atoms with Crippen molar-refractivity contribution >= 4 is 11.8 Å². The van der Waals surface area contributed by atoms with E-state index in [0.29, 0.717) is 13.0 Å². The lowest BCUT2D eigenvalue weighted by Gasteiger charge is -2.14. The predicted molar refractivity (Wildman–Crippen MR) is 65.9 cm³/mol. The smallest absolute Gasteiger partial charge is 0.396 e. The lowest BCUT2D eigenvalue weighted by atomic mass is 10.1. The number of nitrogens with one attached hydrogen (secondary N) is 2. The van der Waals surface area contributed by atoms with Crippen molar-refractivity contribution < 1.29 is 18.3 Å². The molecule has 1 aromatic rings. The van der Waals surface area contributed by atoms with Crippen molar-refractivity contribution in [3.8, 4) is 0 Å². The molecule has 0 saturated carbocycles. The van der Waals surface area contributed by atoms with Gasteiger partial charge in [0.2, 0.25) is 5.95 Å². The van der Waals surface area contributed by atoms with Crippen LogP contribution in [0.5, 0.6) is 0 Å². The average Bonchev–Trinajstić information content (AvgIpc) is 2.35. The summed E-state index contributed by atoms with van der Waals surface area (Å²) in [5.74, 6) is 0.149. The van der Waals surface area contributed by atoms with Gasteiger partial charge >= 0.3 is 6.18 Å². The van der Waals surface area contributed by atoms with Gasteiger partial charge in [-0.2, -0.15) is 18.2 Å². The van der Waals surface area contributed by atoms with Crippen molar-refractivity contribution in [2.75, 3.05) is 30.8 Å². The van der Waals surface area contributed by atoms with Crippen LogP contribution < -0.4 is 10.6 Å². The lowest BCUT2D eigenvalue weighted by Crippen LogP contribution is -2.16. The van der Waals surface area contributed by atoms with Crippen LogP contribution >= 0.6 is 0 Å². The molecular weight excluding hydrogens is 261 g/mol. The zero-order valence-corrected chi connectivity index (χ0v) is 10.8. The Balaban J connectivity index is 2.83. The van der Waals surface area contributed by atoms with E-state index in [-0.39, 0.29) is 24.3 Å². The van der Waals surface area contributed by atoms with E-state index in [1.807, 2.05) is 6.92 Å². The van der Waals surface area contributed by atoms with E-state index in [4.69, 9.17) is 5.11 Å². The molecule has 0 spiro atoms. The van der Waals surface area contributed by atoms with Crippen molar-refractivity contribution in [3.63, 3.8) is 0 Å². The van der Waals surface area contributed by atoms with Gasteiger partial charge in [-0.05, 0) is 12.3 Å². The van der Waals surface area contributed by atoms with Gasteiger partial charge in [-0.25, -0.2) is 4.98 Å². The SMILES string of the molecule is CNc1nc(NCC(C)CCO)cc(C(F)(F)F)n1. The van der Waals surface area contributed by atoms with Gasteiger partial charge in [0.15, 0.2) is 5.69 Å². The molecule has 1 heterocycles. The topological polar surface area (TPSA) is 70.1 Å². The van der Waals surface area contributed by atoms with Crippen LogP contribution in [0.15, 0.2) is 6.07 Å². The third-order valence-electron chi connectivity index (χ3n) is 2.49. The van der Waals surface area contributed by atoms with Crippen LogP contribution in [0, 0.1) is 5.92 Å². The fourth-order valence-corrected chi connectivity index (χ4v) is 1.40. The summed E-state index contributed by atoms with van der Waals surface area (Å²) in [6.07, 6.45) is -3.94. The van der Waals surface area contributed by atoms with Crippen molar-refractivity contribution in [1.82, 2.24) is 9.97 Å². The van der Waals surface area contributed by atoms with Crippen molar-refractivity contribution in [2.45, 2.75) is 19.5 Å². The van der Waals surface area contributed by atoms with Crippen LogP contribution in [-0.4, -0.2) is 35.3 Å². The fraction of sp³-hybridized carbons (Fsp3) is 0.636. The number of anilines is 2. The Bertz CT molecular complexity index is 411. The van der Waals surface area contributed by atoms with Gasteiger partial charge in [0, 0.05) is 26.3 Å². The van der Waals surface area contributed by atoms with Crippen molar-refractivity contribution in [2.24, 2.45) is 5.92 Å². The number of hydrogen-bond acceptors (Lipinski definition) is 5. The average molecular weight is 278 g/mol. The second-order valence-corrected chi connectivity index (χ2v) is 4.21. The summed E-state index contributed by atoms with van der Waals surface area (Å²) in [7, 11) is 1.45. The molecule has 0 aromatic carbocycles. The van der Waals surface area contributed by atoms with E-state index in [2.05, 4.69) is 20.6 Å². The van der Waals surface area contributed by atoms with E-state index in [1.165, 1.54) is 7.05 Å². The minimum atomic E-state index is -4.51. The van der Waals surface area contributed by atoms with Gasteiger partial charge in [-0.15, -0.1) is 0 Å². The minimum absolute atomic E-state index is 0.0438. The van der Waals surface area contributed by atoms with Gasteiger partial charge < -0.3 is 15.7 Å². The van der Waals surface area contributed by atoms with Crippen molar-refractivity contribution in [1.29, 1.82) is 0 Å². The van der Waals surface area contributed by atoms with Crippen LogP contribution in [0.4, 0.5) is 24.9 Å². The number of alkyl halides is 3. The molecule has 3 N–H and O–H groups in total. The number of halogens is 3. The highest BCUT2D eigenvalue weighted by molar-refractivity contribution is 5.42. The van der Waals surface area contributed by atoms with Gasteiger partial charge in [0.05, 0.1) is 0 Å². The maximum atomic E-state index is 12.6. The van der Waals surface area contributed by atoms with Gasteiger partial charge in [-0.1, -0.05) is 6.92 Å². The monoisotopic (exact) mass is 278 g/mol. The first kappa shape index (κ1) is 15.5. The molecule has 0 aliphatic carbocycles. The molecule has 108 valence electrons. The Kier molecular flexibility index (Phi) is 5.34. The highest BCUT2D eigenvalue weighted by atomic mass is 19.4. The van der Waals surface area contributed by atoms with E-state index < -0.39 is 11.9 Å². The first-order valence-corrected chi connectivity index (χ1v) is 5.85. The Labute approximate surface area is 109 Å². The summed E-state index contributed by atoms with van der Waals surface area (Å²) < 4.78 is 37.9. The molecule has 0 radical (unpaired) electrons. The van der Waals surface area contributed by atoms with Crippen LogP contribution in [0.25, 0.3) is 0 Å². The first-order valence-electron chi connectivity index (χ1n) is 5.85. The summed E-state index contributed by atoms with van der Waals surface area (Å²) in [6, 6.07) is 0.868. The molecule has 0 fully saturated rings. The molecule has 0 amide bonds. The molecule has 1 atom stereocenters. The van der Waals surface area contributed by atoms with E-state index in [1.54, 1.807) is 0 Å². The molecule has 0 saturated heterocycles. The summed E-state index contributed by atoms with van der Waals surface area (Å²) in [5.41, 5.74) is -0.996. The molecule has 19 heavy (non-hydrogen) atoms. The fourth-order valence-electron chi connectivity index (χ4n) is 1.40. The summed E-state index contributed by atoms with van der Waals surface area (Å²) >= 11 is 0. The second-order valence-electron chi connectivity index (χ2n) is 4.21. The number of aliphatic hydroxyl groups excluding tert-OH is 1. The maximum absolute atomic E-state index is 12.6. The van der Waals surface area contributed by atoms with Crippen molar-refractivity contribution in [3.05, 3.63) is 11.8 Å². The number of aromatic nitrogens is 2. The van der Waals surface area contributed by atoms with E-state index >= 15 is 0 Å². The first-order chi connectivity index (χ1) is 8.86. The normalized spacial score (nSPS) is 13.2. The third-order valence-corrected chi connectivity index (χ3v) is 2.49. The molecule has 1 aromatic heterocycles. The van der Waals surface area contributed by atoms with E-state index in [0.717, 1.165) is 6.07 Å². The van der Waals surface area contributed by atoms with Crippen LogP contribution in [0.3, 0.4) is 0 Å². The number of aliphatic hydroxyl groups is 1. The van der Waals surface area contributed by atoms with Crippen LogP contribution in [0.2, 0.25) is 0 Å². The standard InChI is InChI=1S/C11H17F3N4O/c1-7(3-4-19)6-16-9-5-8(11(12,13)14)17-10(15-2)18-9/h5,7,19H,3-4,6H2,1-2H3,(H2,15,16,17,18). The highest BCUT2D eigenvalue weighted by Gasteiger charge is 2.33. The molecule has 1 unspecified atom stereocenters. The zero-order valence-electron chi connectivity index (χ0n) is 10.8. The minimum Gasteiger partial charge on any atom is -0.396 e. The number of hydrogen-bond donors (Lipinski definition) is 3. The third kappa shape index (κ3) is 4.90. The molecular formula is C11H17F3N4O. The number of rotatable bonds is 6. The second kappa shape index (κ2) is 6.55. The Morgan fingerprint density at radius 1 is 1.37 bits per heavy atom. The summed E-state index contributed by atoms with van der Waals surface area (Å²) in [4.78, 5) is 7.26. The highest BCUT2D eigenvalue weighted by Crippen LogP contribution is 2.29. The maximum Gasteiger partial charge on any atom is 0.433 e. The molecule has 0 aliphatic rings. The molecule has 0 aliphatic heterocycles. The molecule has 0 bridgehead atoms. The lowest BCUT2D eigenvalue weighted by molar-refractivity contribution is -0.141.